The van der Waals surface area contributed by atoms with Gasteiger partial charge in [0.15, 0.2) is 0 Å². The summed E-state index contributed by atoms with van der Waals surface area (Å²) in [6.07, 6.45) is 21.9. The fourth-order valence-corrected chi connectivity index (χ4v) is 4.37. The topological polar surface area (TPSA) is 114 Å². The Bertz CT molecular complexity index is 366. The van der Waals surface area contributed by atoms with Crippen molar-refractivity contribution >= 4 is 5.97 Å². The zero-order valence-corrected chi connectivity index (χ0v) is 23.6. The van der Waals surface area contributed by atoms with Crippen LogP contribution in [-0.2, 0) is 4.79 Å². The molecule has 0 saturated heterocycles. The van der Waals surface area contributed by atoms with Crippen LogP contribution in [0.1, 0.15) is 137 Å². The molecule has 0 aromatic rings. The van der Waals surface area contributed by atoms with Crippen molar-refractivity contribution in [2.45, 2.75) is 149 Å². The quantitative estimate of drug-likeness (QED) is 0.115. The molecule has 6 nitrogen and oxygen atoms in total. The molecule has 0 aliphatic rings. The molecule has 0 heterocycles. The van der Waals surface area contributed by atoms with Crippen LogP contribution in [0.25, 0.3) is 0 Å². The lowest BCUT2D eigenvalue weighted by molar-refractivity contribution is -0.929. The van der Waals surface area contributed by atoms with Crippen molar-refractivity contribution in [1.29, 1.82) is 0 Å². The summed E-state index contributed by atoms with van der Waals surface area (Å²) in [7, 11) is 0. The van der Waals surface area contributed by atoms with Crippen LogP contribution < -0.4 is 5.73 Å². The standard InChI is InChI=1S/C24H52N.C4H9NO3.H2O/c1-5-9-13-17-21-25(22-18-14-10-6-2,23-19-15-11-7-3)24-20-16-12-8-4;1-2(6)3(5)4(7)8;/h5-24H2,1-4H3;2-3,6H,5H2,1H3,(H,7,8);1H2/q+1;;/p-1. The van der Waals surface area contributed by atoms with Gasteiger partial charge in [-0.3, -0.25) is 4.79 Å². The van der Waals surface area contributed by atoms with E-state index in [1.807, 2.05) is 0 Å². The molecule has 0 aliphatic carbocycles. The smallest absolute Gasteiger partial charge is 0.323 e. The van der Waals surface area contributed by atoms with E-state index in [1.54, 1.807) is 0 Å². The molecule has 0 spiro atoms. The number of unbranched alkanes of at least 4 members (excludes halogenated alkanes) is 12. The molecule has 0 aromatic heterocycles. The number of rotatable bonds is 22. The summed E-state index contributed by atoms with van der Waals surface area (Å²) in [4.78, 5) is 9.86. The first-order valence-electron chi connectivity index (χ1n) is 14.3. The number of aliphatic carboxylic acids is 1. The minimum absolute atomic E-state index is 0. The highest BCUT2D eigenvalue weighted by molar-refractivity contribution is 5.73. The van der Waals surface area contributed by atoms with Gasteiger partial charge in [0.25, 0.3) is 0 Å². The third-order valence-electron chi connectivity index (χ3n) is 6.75. The maximum absolute atomic E-state index is 9.86. The molecule has 208 valence electrons. The number of carboxylic acid groups (broad SMARTS) is 1. The summed E-state index contributed by atoms with van der Waals surface area (Å²) >= 11 is 0. The van der Waals surface area contributed by atoms with Crippen molar-refractivity contribution < 1.29 is 25.0 Å². The van der Waals surface area contributed by atoms with Gasteiger partial charge in [-0.05, 0) is 58.3 Å². The molecular formula is C28H62N2O4. The Kier molecular flexibility index (Phi) is 30.0. The van der Waals surface area contributed by atoms with E-state index in [-0.39, 0.29) is 5.48 Å². The van der Waals surface area contributed by atoms with Crippen LogP contribution in [0.3, 0.4) is 0 Å². The number of carboxylic acids is 1. The van der Waals surface area contributed by atoms with E-state index in [9.17, 15) is 4.79 Å². The van der Waals surface area contributed by atoms with E-state index < -0.39 is 18.1 Å². The fraction of sp³-hybridized carbons (Fsp3) is 0.964. The normalized spacial score (nSPS) is 12.9. The van der Waals surface area contributed by atoms with Crippen LogP contribution in [0.5, 0.6) is 0 Å². The number of nitrogens with zero attached hydrogens (tertiary/aromatic N) is 1. The molecule has 0 bridgehead atoms. The van der Waals surface area contributed by atoms with Crippen LogP contribution in [0.4, 0.5) is 0 Å². The first-order chi connectivity index (χ1) is 15.8. The van der Waals surface area contributed by atoms with Crippen molar-refractivity contribution in [1.82, 2.24) is 0 Å². The first kappa shape index (κ1) is 37.9. The van der Waals surface area contributed by atoms with Crippen LogP contribution in [0.2, 0.25) is 0 Å². The molecule has 2 atom stereocenters. The van der Waals surface area contributed by atoms with Gasteiger partial charge in [-0.2, -0.15) is 0 Å². The molecule has 0 aliphatic heterocycles. The number of carbonyl (C=O) groups is 1. The van der Waals surface area contributed by atoms with Gasteiger partial charge in [0.2, 0.25) is 0 Å². The molecule has 0 amide bonds. The van der Waals surface area contributed by atoms with Crippen LogP contribution in [-0.4, -0.2) is 64.5 Å². The highest BCUT2D eigenvalue weighted by Crippen LogP contribution is 2.19. The van der Waals surface area contributed by atoms with Crippen molar-refractivity contribution in [3.8, 4) is 0 Å². The summed E-state index contributed by atoms with van der Waals surface area (Å²) in [6, 6.07) is -1.16. The Morgan fingerprint density at radius 3 is 1.06 bits per heavy atom. The Morgan fingerprint density at radius 1 is 0.647 bits per heavy atom. The minimum Gasteiger partial charge on any atom is -0.870 e. The second-order valence-electron chi connectivity index (χ2n) is 10.1. The lowest BCUT2D eigenvalue weighted by atomic mass is 10.1. The van der Waals surface area contributed by atoms with Crippen LogP contribution in [0.15, 0.2) is 0 Å². The van der Waals surface area contributed by atoms with Crippen molar-refractivity contribution in [2.24, 2.45) is 5.73 Å². The van der Waals surface area contributed by atoms with E-state index in [2.05, 4.69) is 27.7 Å². The van der Waals surface area contributed by atoms with E-state index in [4.69, 9.17) is 15.9 Å². The van der Waals surface area contributed by atoms with Crippen molar-refractivity contribution in [3.63, 3.8) is 0 Å². The van der Waals surface area contributed by atoms with E-state index in [1.165, 1.54) is 140 Å². The Hall–Kier alpha value is -0.690. The first-order valence-corrected chi connectivity index (χ1v) is 14.3. The summed E-state index contributed by atoms with van der Waals surface area (Å²) in [5, 5.41) is 16.6. The number of hydrogen-bond acceptors (Lipinski definition) is 4. The SMILES string of the molecule is CC(O)C(N)C(=O)O.CCCCCC[N+](CCCCCC)(CCCCCC)CCCCCC.[OH-]. The molecule has 6 heteroatoms. The number of aliphatic hydroxyl groups is 1. The van der Waals surface area contributed by atoms with Gasteiger partial charge in [0.1, 0.15) is 6.04 Å². The second-order valence-corrected chi connectivity index (χ2v) is 10.1. The lowest BCUT2D eigenvalue weighted by Crippen LogP contribution is -2.50. The number of hydrogen-bond donors (Lipinski definition) is 3. The number of aliphatic hydroxyl groups excluding tert-OH is 1. The Morgan fingerprint density at radius 2 is 0.912 bits per heavy atom. The monoisotopic (exact) mass is 490 g/mol. The van der Waals surface area contributed by atoms with E-state index >= 15 is 0 Å². The number of nitrogens with two attached hydrogens (primary N) is 1. The molecule has 0 saturated carbocycles. The average molecular weight is 491 g/mol. The van der Waals surface area contributed by atoms with Gasteiger partial charge in [0, 0.05) is 0 Å². The van der Waals surface area contributed by atoms with Crippen molar-refractivity contribution in [2.75, 3.05) is 26.2 Å². The maximum atomic E-state index is 9.86. The third kappa shape index (κ3) is 23.1. The molecular weight excluding hydrogens is 428 g/mol. The van der Waals surface area contributed by atoms with Gasteiger partial charge in [0.05, 0.1) is 32.3 Å². The Balaban J connectivity index is -0.000000910. The summed E-state index contributed by atoms with van der Waals surface area (Å²) < 4.78 is 1.46. The minimum atomic E-state index is -1.18. The summed E-state index contributed by atoms with van der Waals surface area (Å²) in [5.74, 6) is -1.18. The maximum Gasteiger partial charge on any atom is 0.323 e. The molecule has 0 radical (unpaired) electrons. The Labute approximate surface area is 212 Å². The van der Waals surface area contributed by atoms with Crippen molar-refractivity contribution in [3.05, 3.63) is 0 Å². The highest BCUT2D eigenvalue weighted by Gasteiger charge is 2.25. The van der Waals surface area contributed by atoms with Gasteiger partial charge in [-0.25, -0.2) is 0 Å². The second kappa shape index (κ2) is 26.9. The van der Waals surface area contributed by atoms with Gasteiger partial charge < -0.3 is 25.9 Å². The predicted octanol–water partition coefficient (Wildman–Crippen LogP) is 6.73. The largest absolute Gasteiger partial charge is 0.870 e. The van der Waals surface area contributed by atoms with Crippen LogP contribution >= 0.6 is 0 Å². The van der Waals surface area contributed by atoms with Gasteiger partial charge in [-0.15, -0.1) is 0 Å². The highest BCUT2D eigenvalue weighted by atomic mass is 16.4. The van der Waals surface area contributed by atoms with E-state index in [0.717, 1.165) is 0 Å². The summed E-state index contributed by atoms with van der Waals surface area (Å²) in [6.45, 7) is 16.5. The van der Waals surface area contributed by atoms with E-state index in [0.29, 0.717) is 0 Å². The van der Waals surface area contributed by atoms with Gasteiger partial charge in [-0.1, -0.05) is 79.1 Å². The van der Waals surface area contributed by atoms with Crippen LogP contribution in [0, 0.1) is 0 Å². The zero-order chi connectivity index (χ0) is 25.4. The number of quaternary nitrogens is 1. The fourth-order valence-electron chi connectivity index (χ4n) is 4.37. The third-order valence-corrected chi connectivity index (χ3v) is 6.75. The average Bonchev–Trinajstić information content (AvgIpc) is 2.80. The van der Waals surface area contributed by atoms with Gasteiger partial charge >= 0.3 is 5.97 Å². The molecule has 5 N–H and O–H groups in total. The predicted molar refractivity (Wildman–Crippen MR) is 146 cm³/mol. The molecule has 0 aromatic carbocycles. The lowest BCUT2D eigenvalue weighted by Gasteiger charge is -2.39. The molecule has 2 unspecified atom stereocenters. The zero-order valence-electron chi connectivity index (χ0n) is 23.6. The summed E-state index contributed by atoms with van der Waals surface area (Å²) in [5.41, 5.74) is 4.91. The molecule has 34 heavy (non-hydrogen) atoms. The molecule has 0 rings (SSSR count). The molecule has 0 fully saturated rings.